The third-order valence-electron chi connectivity index (χ3n) is 7.92. The van der Waals surface area contributed by atoms with Gasteiger partial charge in [0.1, 0.15) is 6.54 Å². The smallest absolute Gasteiger partial charge is 0.169 e. The Bertz CT molecular complexity index is 1380. The monoisotopic (exact) mass is 625 g/mol. The molecule has 0 N–H and O–H groups in total. The summed E-state index contributed by atoms with van der Waals surface area (Å²) < 4.78 is 2.18. The molecule has 0 amide bonds. The molecule has 4 rings (SSSR count). The van der Waals surface area contributed by atoms with Crippen LogP contribution in [0.1, 0.15) is 44.4 Å². The first-order valence-electron chi connectivity index (χ1n) is 16.0. The lowest BCUT2D eigenvalue weighted by Gasteiger charge is -2.24. The zero-order chi connectivity index (χ0) is 31.0. The van der Waals surface area contributed by atoms with Crippen LogP contribution in [0, 0.1) is 0 Å². The first kappa shape index (κ1) is 33.5. The number of anilines is 2. The summed E-state index contributed by atoms with van der Waals surface area (Å²) >= 11 is 0. The molecule has 3 aromatic rings. The average Bonchev–Trinajstić information content (AvgIpc) is 3.09. The van der Waals surface area contributed by atoms with E-state index in [4.69, 9.17) is 0 Å². The first-order chi connectivity index (χ1) is 21.6. The van der Waals surface area contributed by atoms with E-state index in [-0.39, 0.29) is 0 Å². The Morgan fingerprint density at radius 3 is 1.61 bits per heavy atom. The number of nitrogens with zero attached hydrogens (tertiary/aromatic N) is 4. The normalized spacial score (nSPS) is 13.2. The van der Waals surface area contributed by atoms with Gasteiger partial charge in [-0.15, -0.1) is 0 Å². The van der Waals surface area contributed by atoms with Crippen molar-refractivity contribution in [1.82, 2.24) is 4.90 Å². The molecule has 44 heavy (non-hydrogen) atoms. The standard InChI is InChI=1S/C38H49N4S2/c1-5-39-25-21-35(22-26-39)11-9-33-13-17-37(18-14-33)41(7-3)29-31-43-44-32-30-42(8-4)38-19-15-34(16-20-38)10-12-36-23-27-40(6-2)28-24-36/h9-27H,5-8,28-32H2,1-4H3/q+1/b12-10+. The van der Waals surface area contributed by atoms with Crippen molar-refractivity contribution in [1.29, 1.82) is 0 Å². The Labute approximate surface area is 274 Å². The van der Waals surface area contributed by atoms with Crippen LogP contribution in [-0.4, -0.2) is 55.7 Å². The zero-order valence-corrected chi connectivity index (χ0v) is 28.6. The fourth-order valence-electron chi connectivity index (χ4n) is 5.02. The molecular weight excluding hydrogens is 577 g/mol. The average molecular weight is 626 g/mol. The lowest BCUT2D eigenvalue weighted by Crippen LogP contribution is -2.30. The molecule has 0 saturated heterocycles. The molecule has 2 aromatic carbocycles. The third-order valence-corrected chi connectivity index (χ3v) is 10.3. The van der Waals surface area contributed by atoms with Gasteiger partial charge in [-0.2, -0.15) is 0 Å². The Kier molecular flexibility index (Phi) is 14.1. The molecule has 0 bridgehead atoms. The van der Waals surface area contributed by atoms with Gasteiger partial charge in [-0.25, -0.2) is 4.57 Å². The topological polar surface area (TPSA) is 13.6 Å². The largest absolute Gasteiger partial charge is 0.374 e. The van der Waals surface area contributed by atoms with E-state index in [1.807, 2.05) is 21.6 Å². The van der Waals surface area contributed by atoms with Crippen LogP contribution >= 0.6 is 21.6 Å². The van der Waals surface area contributed by atoms with Crippen molar-refractivity contribution >= 4 is 51.2 Å². The molecule has 1 aliphatic rings. The molecule has 4 nitrogen and oxygen atoms in total. The van der Waals surface area contributed by atoms with Crippen LogP contribution in [0.2, 0.25) is 0 Å². The molecule has 1 aliphatic heterocycles. The summed E-state index contributed by atoms with van der Waals surface area (Å²) in [6, 6.07) is 22.2. The Hall–Kier alpha value is -3.35. The zero-order valence-electron chi connectivity index (χ0n) is 26.9. The van der Waals surface area contributed by atoms with Gasteiger partial charge in [0.05, 0.1) is 0 Å². The molecule has 0 aliphatic carbocycles. The van der Waals surface area contributed by atoms with E-state index in [0.29, 0.717) is 0 Å². The number of likely N-dealkylation sites (N-methyl/N-ethyl adjacent to an activating group) is 1. The quantitative estimate of drug-likeness (QED) is 0.0844. The maximum Gasteiger partial charge on any atom is 0.169 e. The van der Waals surface area contributed by atoms with Crippen LogP contribution in [0.15, 0.2) is 103 Å². The van der Waals surface area contributed by atoms with Crippen molar-refractivity contribution in [3.05, 3.63) is 120 Å². The number of aromatic nitrogens is 1. The number of benzene rings is 2. The Balaban J connectivity index is 1.16. The van der Waals surface area contributed by atoms with Gasteiger partial charge in [0.15, 0.2) is 12.4 Å². The lowest BCUT2D eigenvalue weighted by molar-refractivity contribution is -0.693. The number of hydrogen-bond donors (Lipinski definition) is 0. The minimum Gasteiger partial charge on any atom is -0.374 e. The summed E-state index contributed by atoms with van der Waals surface area (Å²) in [7, 11) is 3.97. The van der Waals surface area contributed by atoms with E-state index in [1.165, 1.54) is 33.6 Å². The summed E-state index contributed by atoms with van der Waals surface area (Å²) in [5.41, 5.74) is 7.57. The summed E-state index contributed by atoms with van der Waals surface area (Å²) in [4.78, 5) is 7.24. The van der Waals surface area contributed by atoms with Gasteiger partial charge in [0.2, 0.25) is 0 Å². The van der Waals surface area contributed by atoms with Crippen molar-refractivity contribution in [2.75, 3.05) is 60.6 Å². The first-order valence-corrected chi connectivity index (χ1v) is 18.5. The summed E-state index contributed by atoms with van der Waals surface area (Å²) in [5.74, 6) is 2.23. The Morgan fingerprint density at radius 1 is 0.682 bits per heavy atom. The van der Waals surface area contributed by atoms with Crippen LogP contribution in [0.4, 0.5) is 11.4 Å². The summed E-state index contributed by atoms with van der Waals surface area (Å²) in [6.07, 6.45) is 19.7. The molecule has 0 unspecified atom stereocenters. The Morgan fingerprint density at radius 2 is 1.18 bits per heavy atom. The lowest BCUT2D eigenvalue weighted by atomic mass is 10.1. The fraction of sp³-hybridized carbons (Fsp3) is 0.342. The van der Waals surface area contributed by atoms with E-state index in [0.717, 1.165) is 57.3 Å². The molecule has 232 valence electrons. The summed E-state index contributed by atoms with van der Waals surface area (Å²) in [5, 5.41) is 0. The van der Waals surface area contributed by atoms with Crippen molar-refractivity contribution in [2.45, 2.75) is 34.2 Å². The molecule has 0 spiro atoms. The second-order valence-corrected chi connectivity index (χ2v) is 13.4. The maximum atomic E-state index is 2.47. The van der Waals surface area contributed by atoms with Crippen molar-refractivity contribution in [3.8, 4) is 0 Å². The number of pyridine rings is 1. The van der Waals surface area contributed by atoms with E-state index in [2.05, 4.69) is 163 Å². The van der Waals surface area contributed by atoms with Crippen LogP contribution in [-0.2, 0) is 6.54 Å². The van der Waals surface area contributed by atoms with Gasteiger partial charge in [0, 0.05) is 74.3 Å². The number of aryl methyl sites for hydroxylation is 1. The van der Waals surface area contributed by atoms with E-state index in [1.54, 1.807) is 0 Å². The highest BCUT2D eigenvalue weighted by molar-refractivity contribution is 8.76. The highest BCUT2D eigenvalue weighted by Crippen LogP contribution is 2.25. The second kappa shape index (κ2) is 18.5. The highest BCUT2D eigenvalue weighted by atomic mass is 33.1. The van der Waals surface area contributed by atoms with Gasteiger partial charge >= 0.3 is 0 Å². The number of hydrogen-bond acceptors (Lipinski definition) is 5. The van der Waals surface area contributed by atoms with Crippen LogP contribution in [0.3, 0.4) is 0 Å². The summed E-state index contributed by atoms with van der Waals surface area (Å²) in [6.45, 7) is 16.0. The van der Waals surface area contributed by atoms with Gasteiger partial charge in [-0.3, -0.25) is 0 Å². The SMILES string of the molecule is CCN1C=CC(/C=C/c2ccc(N(CC)CCSSCCN(CC)c3ccc(/C=C/c4cc[n+](CC)cc4)cc3)cc2)=CC1. The molecule has 0 atom stereocenters. The van der Waals surface area contributed by atoms with Crippen LogP contribution < -0.4 is 14.4 Å². The third kappa shape index (κ3) is 10.7. The second-order valence-electron chi connectivity index (χ2n) is 10.7. The van der Waals surface area contributed by atoms with Crippen LogP contribution in [0.5, 0.6) is 0 Å². The number of rotatable bonds is 17. The van der Waals surface area contributed by atoms with Crippen molar-refractivity contribution in [2.24, 2.45) is 0 Å². The van der Waals surface area contributed by atoms with Gasteiger partial charge in [-0.05, 0) is 86.5 Å². The predicted octanol–water partition coefficient (Wildman–Crippen LogP) is 8.69. The molecule has 6 heteroatoms. The minimum atomic E-state index is 0.991. The van der Waals surface area contributed by atoms with Crippen molar-refractivity contribution in [3.63, 3.8) is 0 Å². The fourth-order valence-corrected chi connectivity index (χ4v) is 7.00. The van der Waals surface area contributed by atoms with Gasteiger partial charge < -0.3 is 14.7 Å². The molecular formula is C38H49N4S2+. The predicted molar refractivity (Wildman–Crippen MR) is 198 cm³/mol. The van der Waals surface area contributed by atoms with E-state index in [9.17, 15) is 0 Å². The van der Waals surface area contributed by atoms with E-state index >= 15 is 0 Å². The van der Waals surface area contributed by atoms with Gasteiger partial charge in [-0.1, -0.05) is 76.2 Å². The molecule has 2 heterocycles. The minimum absolute atomic E-state index is 0.991. The molecule has 0 fully saturated rings. The molecule has 0 radical (unpaired) electrons. The highest BCUT2D eigenvalue weighted by Gasteiger charge is 2.07. The van der Waals surface area contributed by atoms with Gasteiger partial charge in [0.25, 0.3) is 0 Å². The molecule has 1 aromatic heterocycles. The number of allylic oxidation sites excluding steroid dienone is 3. The van der Waals surface area contributed by atoms with Crippen molar-refractivity contribution < 1.29 is 4.57 Å². The molecule has 0 saturated carbocycles. The van der Waals surface area contributed by atoms with E-state index < -0.39 is 0 Å². The maximum absolute atomic E-state index is 2.47. The van der Waals surface area contributed by atoms with Crippen LogP contribution in [0.25, 0.3) is 18.2 Å².